The van der Waals surface area contributed by atoms with Gasteiger partial charge in [-0.15, -0.1) is 0 Å². The van der Waals surface area contributed by atoms with E-state index < -0.39 is 55.8 Å². The maximum atomic E-state index is 14.6. The minimum atomic E-state index is -4.69. The van der Waals surface area contributed by atoms with E-state index in [1.165, 1.54) is 24.3 Å². The summed E-state index contributed by atoms with van der Waals surface area (Å²) in [6.45, 7) is -0.318. The van der Waals surface area contributed by atoms with Crippen LogP contribution in [-0.2, 0) is 10.0 Å². The fraction of sp³-hybridized carbons (Fsp3) is 0.278. The van der Waals surface area contributed by atoms with Crippen LogP contribution in [-0.4, -0.2) is 42.9 Å². The molecule has 0 radical (unpaired) electrons. The molecule has 1 saturated heterocycles. The molecule has 0 saturated carbocycles. The van der Waals surface area contributed by atoms with Crippen molar-refractivity contribution in [1.82, 2.24) is 4.31 Å². The van der Waals surface area contributed by atoms with Gasteiger partial charge in [-0.25, -0.2) is 21.6 Å². The first kappa shape index (κ1) is 21.1. The van der Waals surface area contributed by atoms with E-state index in [4.69, 9.17) is 5.73 Å². The standard InChI is InChI=1S/C18H18F3N3O4S/c19-12-13(20)15(22)16(23-18(26)10-4-2-1-3-5-10)17(14(12)21)29(27,28)24-8-6-11(25)7-9-24/h1-5,11,25H,6-9,22H2,(H,23,26). The summed E-state index contributed by atoms with van der Waals surface area (Å²) in [6.07, 6.45) is -0.546. The Morgan fingerprint density at radius 2 is 1.66 bits per heavy atom. The maximum Gasteiger partial charge on any atom is 0.255 e. The molecule has 1 aliphatic rings. The summed E-state index contributed by atoms with van der Waals surface area (Å²) in [6, 6.07) is 7.47. The van der Waals surface area contributed by atoms with Crippen LogP contribution in [0.2, 0.25) is 0 Å². The minimum absolute atomic E-state index is 0.0708. The molecule has 0 atom stereocenters. The van der Waals surface area contributed by atoms with Crippen LogP contribution in [0.4, 0.5) is 24.5 Å². The number of anilines is 2. The van der Waals surface area contributed by atoms with E-state index in [-0.39, 0.29) is 31.5 Å². The fourth-order valence-electron chi connectivity index (χ4n) is 3.01. The molecule has 156 valence electrons. The number of nitrogens with zero attached hydrogens (tertiary/aromatic N) is 1. The Labute approximate surface area is 165 Å². The Bertz CT molecular complexity index is 1040. The van der Waals surface area contributed by atoms with Gasteiger partial charge in [0.15, 0.2) is 17.5 Å². The van der Waals surface area contributed by atoms with E-state index in [9.17, 15) is 31.5 Å². The van der Waals surface area contributed by atoms with Gasteiger partial charge >= 0.3 is 0 Å². The molecule has 0 aliphatic carbocycles. The highest BCUT2D eigenvalue weighted by atomic mass is 32.2. The van der Waals surface area contributed by atoms with Crippen LogP contribution in [0.1, 0.15) is 23.2 Å². The second-order valence-corrected chi connectivity index (χ2v) is 8.39. The molecular formula is C18H18F3N3O4S. The zero-order valence-electron chi connectivity index (χ0n) is 15.0. The van der Waals surface area contributed by atoms with Gasteiger partial charge in [0.05, 0.1) is 17.5 Å². The van der Waals surface area contributed by atoms with Crippen molar-refractivity contribution in [1.29, 1.82) is 0 Å². The number of nitrogen functional groups attached to an aromatic ring is 1. The summed E-state index contributed by atoms with van der Waals surface area (Å²) in [5.41, 5.74) is 3.67. The third-order valence-corrected chi connectivity index (χ3v) is 6.56. The molecule has 1 amide bonds. The molecule has 1 aliphatic heterocycles. The van der Waals surface area contributed by atoms with E-state index in [2.05, 4.69) is 5.32 Å². The van der Waals surface area contributed by atoms with E-state index in [1.54, 1.807) is 6.07 Å². The predicted octanol–water partition coefficient (Wildman–Crippen LogP) is 2.08. The van der Waals surface area contributed by atoms with Gasteiger partial charge in [0.25, 0.3) is 5.91 Å². The molecule has 1 heterocycles. The van der Waals surface area contributed by atoms with Crippen molar-refractivity contribution in [2.45, 2.75) is 23.8 Å². The molecule has 4 N–H and O–H groups in total. The van der Waals surface area contributed by atoms with Crippen molar-refractivity contribution in [3.05, 3.63) is 53.3 Å². The van der Waals surface area contributed by atoms with E-state index in [0.717, 1.165) is 4.31 Å². The molecule has 29 heavy (non-hydrogen) atoms. The Kier molecular flexibility index (Phi) is 5.82. The number of sulfonamides is 1. The molecule has 1 fully saturated rings. The molecule has 0 unspecified atom stereocenters. The Morgan fingerprint density at radius 1 is 1.07 bits per heavy atom. The molecule has 0 spiro atoms. The number of carbonyl (C=O) groups excluding carboxylic acids is 1. The summed E-state index contributed by atoms with van der Waals surface area (Å²) >= 11 is 0. The highest BCUT2D eigenvalue weighted by Crippen LogP contribution is 2.37. The summed E-state index contributed by atoms with van der Waals surface area (Å²) in [5.74, 6) is -6.73. The lowest BCUT2D eigenvalue weighted by atomic mass is 10.1. The first-order valence-electron chi connectivity index (χ1n) is 8.65. The fourth-order valence-corrected chi connectivity index (χ4v) is 4.69. The first-order chi connectivity index (χ1) is 13.6. The second kappa shape index (κ2) is 8.01. The minimum Gasteiger partial charge on any atom is -0.395 e. The molecule has 11 heteroatoms. The second-order valence-electron chi connectivity index (χ2n) is 6.52. The lowest BCUT2D eigenvalue weighted by Gasteiger charge is -2.29. The average Bonchev–Trinajstić information content (AvgIpc) is 2.71. The highest BCUT2D eigenvalue weighted by molar-refractivity contribution is 7.89. The molecular weight excluding hydrogens is 411 g/mol. The number of nitrogens with two attached hydrogens (primary N) is 1. The van der Waals surface area contributed by atoms with Crippen LogP contribution < -0.4 is 11.1 Å². The molecule has 2 aromatic rings. The number of rotatable bonds is 4. The summed E-state index contributed by atoms with van der Waals surface area (Å²) in [4.78, 5) is 11.2. The van der Waals surface area contributed by atoms with Crippen LogP contribution in [0.5, 0.6) is 0 Å². The Morgan fingerprint density at radius 3 is 2.24 bits per heavy atom. The van der Waals surface area contributed by atoms with Gasteiger partial charge in [-0.2, -0.15) is 4.31 Å². The van der Waals surface area contributed by atoms with Gasteiger partial charge in [0, 0.05) is 18.7 Å². The van der Waals surface area contributed by atoms with E-state index >= 15 is 0 Å². The number of hydrogen-bond acceptors (Lipinski definition) is 5. The quantitative estimate of drug-likeness (QED) is 0.509. The van der Waals surface area contributed by atoms with Crippen molar-refractivity contribution < 1.29 is 31.5 Å². The van der Waals surface area contributed by atoms with Gasteiger partial charge in [0.2, 0.25) is 10.0 Å². The molecule has 3 rings (SSSR count). The highest BCUT2D eigenvalue weighted by Gasteiger charge is 2.37. The van der Waals surface area contributed by atoms with Crippen molar-refractivity contribution in [3.8, 4) is 0 Å². The van der Waals surface area contributed by atoms with Crippen molar-refractivity contribution in [3.63, 3.8) is 0 Å². The number of amides is 1. The number of aliphatic hydroxyl groups is 1. The number of nitrogens with one attached hydrogen (secondary N) is 1. The van der Waals surface area contributed by atoms with Gasteiger partial charge in [-0.3, -0.25) is 4.79 Å². The molecule has 0 aromatic heterocycles. The number of hydrogen-bond donors (Lipinski definition) is 3. The average molecular weight is 429 g/mol. The van der Waals surface area contributed by atoms with Crippen LogP contribution >= 0.6 is 0 Å². The first-order valence-corrected chi connectivity index (χ1v) is 10.1. The van der Waals surface area contributed by atoms with Gasteiger partial charge in [0.1, 0.15) is 4.90 Å². The monoisotopic (exact) mass is 429 g/mol. The van der Waals surface area contributed by atoms with Crippen LogP contribution in [0.25, 0.3) is 0 Å². The topological polar surface area (TPSA) is 113 Å². The smallest absolute Gasteiger partial charge is 0.255 e. The molecule has 0 bridgehead atoms. The third kappa shape index (κ3) is 3.93. The zero-order chi connectivity index (χ0) is 21.3. The van der Waals surface area contributed by atoms with Crippen molar-refractivity contribution in [2.75, 3.05) is 24.1 Å². The number of halogens is 3. The molecule has 7 nitrogen and oxygen atoms in total. The largest absolute Gasteiger partial charge is 0.395 e. The number of benzene rings is 2. The van der Waals surface area contributed by atoms with Crippen LogP contribution in [0.3, 0.4) is 0 Å². The van der Waals surface area contributed by atoms with Gasteiger partial charge < -0.3 is 16.2 Å². The maximum absolute atomic E-state index is 14.6. The Hall–Kier alpha value is -2.63. The predicted molar refractivity (Wildman–Crippen MR) is 99.1 cm³/mol. The van der Waals surface area contributed by atoms with E-state index in [0.29, 0.717) is 0 Å². The summed E-state index contributed by atoms with van der Waals surface area (Å²) in [7, 11) is -4.69. The number of carbonyl (C=O) groups is 1. The zero-order valence-corrected chi connectivity index (χ0v) is 15.8. The Balaban J connectivity index is 2.12. The van der Waals surface area contributed by atoms with Gasteiger partial charge in [-0.05, 0) is 25.0 Å². The van der Waals surface area contributed by atoms with Crippen LogP contribution in [0.15, 0.2) is 35.2 Å². The number of aliphatic hydroxyl groups excluding tert-OH is 1. The van der Waals surface area contributed by atoms with Crippen LogP contribution in [0, 0.1) is 17.5 Å². The summed E-state index contributed by atoms with van der Waals surface area (Å²) < 4.78 is 69.4. The summed E-state index contributed by atoms with van der Waals surface area (Å²) in [5, 5.41) is 11.7. The normalized spacial score (nSPS) is 16.0. The number of piperidine rings is 1. The van der Waals surface area contributed by atoms with Crippen molar-refractivity contribution >= 4 is 27.3 Å². The molecule has 2 aromatic carbocycles. The van der Waals surface area contributed by atoms with Gasteiger partial charge in [-0.1, -0.05) is 18.2 Å². The lowest BCUT2D eigenvalue weighted by Crippen LogP contribution is -2.40. The third-order valence-electron chi connectivity index (χ3n) is 4.61. The van der Waals surface area contributed by atoms with E-state index in [1.807, 2.05) is 0 Å². The van der Waals surface area contributed by atoms with Crippen molar-refractivity contribution in [2.24, 2.45) is 0 Å². The SMILES string of the molecule is Nc1c(F)c(F)c(F)c(S(=O)(=O)N2CCC(O)CC2)c1NC(=O)c1ccccc1. The lowest BCUT2D eigenvalue weighted by molar-refractivity contribution is 0.102.